The fraction of sp³-hybridized carbons (Fsp3) is 0.500. The van der Waals surface area contributed by atoms with E-state index in [1.807, 2.05) is 38.1 Å². The number of amides is 1. The number of sulfone groups is 1. The lowest BCUT2D eigenvalue weighted by atomic mass is 10.2. The maximum absolute atomic E-state index is 12.4. The normalized spacial score (nSPS) is 21.0. The summed E-state index contributed by atoms with van der Waals surface area (Å²) < 4.78 is 25.1. The first-order chi connectivity index (χ1) is 11.4. The van der Waals surface area contributed by atoms with Crippen molar-refractivity contribution in [1.29, 1.82) is 0 Å². The number of rotatable bonds is 5. The second-order valence-corrected chi connectivity index (χ2v) is 9.53. The number of carbonyl (C=O) groups excluding carboxylic acids is 1. The zero-order chi connectivity index (χ0) is 17.3. The third-order valence-corrected chi connectivity index (χ3v) is 7.02. The molecule has 130 valence electrons. The van der Waals surface area contributed by atoms with Crippen molar-refractivity contribution in [3.63, 3.8) is 0 Å². The van der Waals surface area contributed by atoms with Crippen molar-refractivity contribution in [2.75, 3.05) is 11.5 Å². The average Bonchev–Trinajstić information content (AvgIpc) is 3.06. The van der Waals surface area contributed by atoms with Crippen LogP contribution in [0, 0.1) is 0 Å². The number of hydrogen-bond donors (Lipinski definition) is 1. The van der Waals surface area contributed by atoms with Crippen molar-refractivity contribution >= 4 is 38.5 Å². The first-order valence-electron chi connectivity index (χ1n) is 8.02. The summed E-state index contributed by atoms with van der Waals surface area (Å²) in [6.45, 7) is 4.65. The van der Waals surface area contributed by atoms with Crippen LogP contribution in [-0.4, -0.2) is 46.7 Å². The first-order valence-corrected chi connectivity index (χ1v) is 10.7. The Labute approximate surface area is 145 Å². The van der Waals surface area contributed by atoms with Crippen LogP contribution in [-0.2, 0) is 21.2 Å². The monoisotopic (exact) mass is 367 g/mol. The molecule has 0 radical (unpaired) electrons. The largest absolute Gasteiger partial charge is 0.351 e. The molecular formula is C16H21N3O3S2. The van der Waals surface area contributed by atoms with Gasteiger partial charge >= 0.3 is 0 Å². The van der Waals surface area contributed by atoms with E-state index in [1.54, 1.807) is 0 Å². The van der Waals surface area contributed by atoms with Gasteiger partial charge in [-0.3, -0.25) is 4.79 Å². The van der Waals surface area contributed by atoms with Crippen LogP contribution in [0.2, 0.25) is 0 Å². The molecule has 2 atom stereocenters. The minimum absolute atomic E-state index is 0.0452. The van der Waals surface area contributed by atoms with Gasteiger partial charge in [0.05, 0.1) is 27.8 Å². The average molecular weight is 367 g/mol. The topological polar surface area (TPSA) is 81.1 Å². The second kappa shape index (κ2) is 6.76. The van der Waals surface area contributed by atoms with Gasteiger partial charge < -0.3 is 9.88 Å². The number of para-hydroxylation sites is 2. The van der Waals surface area contributed by atoms with E-state index in [4.69, 9.17) is 0 Å². The summed E-state index contributed by atoms with van der Waals surface area (Å²) in [5, 5.41) is 3.32. The minimum atomic E-state index is -2.99. The molecule has 1 aliphatic heterocycles. The van der Waals surface area contributed by atoms with E-state index >= 15 is 0 Å². The molecule has 1 saturated heterocycles. The predicted molar refractivity (Wildman–Crippen MR) is 95.9 cm³/mol. The minimum Gasteiger partial charge on any atom is -0.351 e. The van der Waals surface area contributed by atoms with Crippen LogP contribution >= 0.6 is 11.8 Å². The van der Waals surface area contributed by atoms with Crippen molar-refractivity contribution < 1.29 is 13.2 Å². The Bertz CT molecular complexity index is 861. The SMILES string of the molecule is CCn1c(S[C@@H](C)C(=O)N[C@@H]2CCS(=O)(=O)C2)nc2ccccc21. The summed E-state index contributed by atoms with van der Waals surface area (Å²) in [7, 11) is -2.99. The summed E-state index contributed by atoms with van der Waals surface area (Å²) in [6, 6.07) is 7.63. The van der Waals surface area contributed by atoms with Gasteiger partial charge in [0.2, 0.25) is 5.91 Å². The third-order valence-electron chi connectivity index (χ3n) is 4.17. The van der Waals surface area contributed by atoms with Crippen LogP contribution in [0.5, 0.6) is 0 Å². The van der Waals surface area contributed by atoms with Crippen molar-refractivity contribution in [2.45, 2.75) is 43.3 Å². The van der Waals surface area contributed by atoms with Crippen molar-refractivity contribution in [2.24, 2.45) is 0 Å². The van der Waals surface area contributed by atoms with Gasteiger partial charge in [-0.25, -0.2) is 13.4 Å². The van der Waals surface area contributed by atoms with Gasteiger partial charge in [-0.15, -0.1) is 0 Å². The molecule has 0 spiro atoms. The summed E-state index contributed by atoms with van der Waals surface area (Å²) in [5.41, 5.74) is 1.97. The molecule has 6 nitrogen and oxygen atoms in total. The number of nitrogens with zero attached hydrogens (tertiary/aromatic N) is 2. The first kappa shape index (κ1) is 17.3. The highest BCUT2D eigenvalue weighted by molar-refractivity contribution is 8.00. The Morgan fingerprint density at radius 1 is 1.46 bits per heavy atom. The Hall–Kier alpha value is -1.54. The smallest absolute Gasteiger partial charge is 0.233 e. The van der Waals surface area contributed by atoms with Crippen molar-refractivity contribution in [3.8, 4) is 0 Å². The Morgan fingerprint density at radius 3 is 2.88 bits per heavy atom. The lowest BCUT2D eigenvalue weighted by Gasteiger charge is -2.15. The van der Waals surface area contributed by atoms with Crippen molar-refractivity contribution in [3.05, 3.63) is 24.3 Å². The molecule has 2 heterocycles. The summed E-state index contributed by atoms with van der Waals surface area (Å²) >= 11 is 1.40. The van der Waals surface area contributed by atoms with E-state index < -0.39 is 9.84 Å². The second-order valence-electron chi connectivity index (χ2n) is 6.00. The number of fused-ring (bicyclic) bond motifs is 1. The van der Waals surface area contributed by atoms with E-state index in [0.717, 1.165) is 22.7 Å². The Kier molecular flexibility index (Phi) is 4.87. The predicted octanol–water partition coefficient (Wildman–Crippen LogP) is 1.84. The van der Waals surface area contributed by atoms with Crippen LogP contribution in [0.1, 0.15) is 20.3 Å². The van der Waals surface area contributed by atoms with Gasteiger partial charge in [0.1, 0.15) is 0 Å². The number of imidazole rings is 1. The van der Waals surface area contributed by atoms with E-state index in [0.29, 0.717) is 6.42 Å². The molecule has 0 aliphatic carbocycles. The molecule has 2 aromatic rings. The fourth-order valence-electron chi connectivity index (χ4n) is 2.89. The highest BCUT2D eigenvalue weighted by Gasteiger charge is 2.30. The molecule has 1 aliphatic rings. The molecular weight excluding hydrogens is 346 g/mol. The van der Waals surface area contributed by atoms with Crippen molar-refractivity contribution in [1.82, 2.24) is 14.9 Å². The van der Waals surface area contributed by atoms with Gasteiger partial charge in [0.25, 0.3) is 0 Å². The summed E-state index contributed by atoms with van der Waals surface area (Å²) in [6.07, 6.45) is 0.499. The van der Waals surface area contributed by atoms with E-state index in [2.05, 4.69) is 14.9 Å². The van der Waals surface area contributed by atoms with Gasteiger partial charge in [-0.1, -0.05) is 23.9 Å². The molecule has 8 heteroatoms. The van der Waals surface area contributed by atoms with Crippen LogP contribution < -0.4 is 5.32 Å². The molecule has 0 bridgehead atoms. The number of thioether (sulfide) groups is 1. The van der Waals surface area contributed by atoms with Gasteiger partial charge in [0.15, 0.2) is 15.0 Å². The lowest BCUT2D eigenvalue weighted by Crippen LogP contribution is -2.40. The zero-order valence-electron chi connectivity index (χ0n) is 13.7. The van der Waals surface area contributed by atoms with Crippen LogP contribution in [0.3, 0.4) is 0 Å². The molecule has 1 amide bonds. The quantitative estimate of drug-likeness (QED) is 0.816. The van der Waals surface area contributed by atoms with Gasteiger partial charge in [-0.05, 0) is 32.4 Å². The maximum Gasteiger partial charge on any atom is 0.233 e. The highest BCUT2D eigenvalue weighted by Crippen LogP contribution is 2.27. The van der Waals surface area contributed by atoms with Crippen LogP contribution in [0.25, 0.3) is 11.0 Å². The molecule has 24 heavy (non-hydrogen) atoms. The number of nitrogens with one attached hydrogen (secondary N) is 1. The molecule has 1 aromatic heterocycles. The lowest BCUT2D eigenvalue weighted by molar-refractivity contribution is -0.120. The Morgan fingerprint density at radius 2 is 2.21 bits per heavy atom. The number of hydrogen-bond acceptors (Lipinski definition) is 5. The molecule has 3 rings (SSSR count). The molecule has 0 unspecified atom stereocenters. The molecule has 0 saturated carbocycles. The van der Waals surface area contributed by atoms with Crippen LogP contribution in [0.4, 0.5) is 0 Å². The molecule has 1 N–H and O–H groups in total. The number of carbonyl (C=O) groups is 1. The zero-order valence-corrected chi connectivity index (χ0v) is 15.4. The molecule has 1 aromatic carbocycles. The van der Waals surface area contributed by atoms with Gasteiger partial charge in [0, 0.05) is 12.6 Å². The number of aromatic nitrogens is 2. The Balaban J connectivity index is 1.70. The maximum atomic E-state index is 12.4. The molecule has 1 fully saturated rings. The van der Waals surface area contributed by atoms with E-state index in [1.165, 1.54) is 11.8 Å². The fourth-order valence-corrected chi connectivity index (χ4v) is 5.56. The highest BCUT2D eigenvalue weighted by atomic mass is 32.2. The summed E-state index contributed by atoms with van der Waals surface area (Å²) in [5.74, 6) is 0.0612. The standard InChI is InChI=1S/C16H21N3O3S2/c1-3-19-14-7-5-4-6-13(14)18-16(19)23-11(2)15(20)17-12-8-9-24(21,22)10-12/h4-7,11-12H,3,8-10H2,1-2H3,(H,17,20)/t11-,12+/m0/s1. The summed E-state index contributed by atoms with van der Waals surface area (Å²) in [4.78, 5) is 17.0. The third kappa shape index (κ3) is 3.59. The van der Waals surface area contributed by atoms with E-state index in [9.17, 15) is 13.2 Å². The van der Waals surface area contributed by atoms with Gasteiger partial charge in [-0.2, -0.15) is 0 Å². The number of aryl methyl sites for hydroxylation is 1. The van der Waals surface area contributed by atoms with Crippen LogP contribution in [0.15, 0.2) is 29.4 Å². The van der Waals surface area contributed by atoms with E-state index in [-0.39, 0.29) is 28.7 Å². The number of benzene rings is 1.